The second-order valence-electron chi connectivity index (χ2n) is 3.21. The Labute approximate surface area is 82.1 Å². The molecular weight excluding hydrogens is 188 g/mol. The van der Waals surface area contributed by atoms with E-state index in [0.717, 1.165) is 0 Å². The van der Waals surface area contributed by atoms with Crippen LogP contribution in [0.5, 0.6) is 0 Å². The van der Waals surface area contributed by atoms with Crippen LogP contribution < -0.4 is 5.32 Å². The van der Waals surface area contributed by atoms with Gasteiger partial charge in [0, 0.05) is 18.8 Å². The number of halogens is 2. The number of rotatable bonds is 5. The standard InChI is InChI=1S/C9H15F2N3/c1-3-8-13-4-5-14(8)7-9(10,11)6-12-2/h4-5,12H,3,6-7H2,1-2H3. The fraction of sp³-hybridized carbons (Fsp3) is 0.667. The molecule has 1 aromatic heterocycles. The van der Waals surface area contributed by atoms with Gasteiger partial charge in [-0.15, -0.1) is 0 Å². The van der Waals surface area contributed by atoms with Crippen LogP contribution in [0.4, 0.5) is 8.78 Å². The Morgan fingerprint density at radius 1 is 1.57 bits per heavy atom. The van der Waals surface area contributed by atoms with E-state index in [0.29, 0.717) is 12.2 Å². The van der Waals surface area contributed by atoms with Crippen LogP contribution in [0.25, 0.3) is 0 Å². The van der Waals surface area contributed by atoms with E-state index < -0.39 is 5.92 Å². The van der Waals surface area contributed by atoms with Crippen LogP contribution in [0.15, 0.2) is 12.4 Å². The summed E-state index contributed by atoms with van der Waals surface area (Å²) in [5.74, 6) is -2.03. The summed E-state index contributed by atoms with van der Waals surface area (Å²) in [6.45, 7) is 1.28. The Bertz CT molecular complexity index is 283. The van der Waals surface area contributed by atoms with Crippen molar-refractivity contribution in [3.8, 4) is 0 Å². The minimum absolute atomic E-state index is 0.309. The van der Waals surface area contributed by atoms with E-state index in [-0.39, 0.29) is 13.1 Å². The molecular formula is C9H15F2N3. The molecule has 0 aliphatic heterocycles. The zero-order valence-electron chi connectivity index (χ0n) is 8.43. The van der Waals surface area contributed by atoms with Gasteiger partial charge in [-0.25, -0.2) is 13.8 Å². The number of aryl methyl sites for hydroxylation is 1. The van der Waals surface area contributed by atoms with E-state index in [1.807, 2.05) is 6.92 Å². The monoisotopic (exact) mass is 203 g/mol. The van der Waals surface area contributed by atoms with Crippen LogP contribution in [0, 0.1) is 0 Å². The molecule has 0 unspecified atom stereocenters. The normalized spacial score (nSPS) is 12.0. The third kappa shape index (κ3) is 2.77. The minimum Gasteiger partial charge on any atom is -0.329 e. The molecule has 5 heteroatoms. The van der Waals surface area contributed by atoms with Crippen molar-refractivity contribution in [2.45, 2.75) is 25.8 Å². The number of imidazole rings is 1. The van der Waals surface area contributed by atoms with E-state index in [2.05, 4.69) is 10.3 Å². The number of alkyl halides is 2. The molecule has 0 fully saturated rings. The molecule has 1 heterocycles. The van der Waals surface area contributed by atoms with Gasteiger partial charge in [-0.1, -0.05) is 6.92 Å². The smallest absolute Gasteiger partial charge is 0.277 e. The molecule has 1 rings (SSSR count). The van der Waals surface area contributed by atoms with Crippen LogP contribution >= 0.6 is 0 Å². The van der Waals surface area contributed by atoms with Crippen molar-refractivity contribution in [3.63, 3.8) is 0 Å². The van der Waals surface area contributed by atoms with Gasteiger partial charge in [-0.05, 0) is 7.05 Å². The molecule has 0 saturated heterocycles. The molecule has 0 aliphatic rings. The lowest BCUT2D eigenvalue weighted by molar-refractivity contribution is -0.0138. The summed E-state index contributed by atoms with van der Waals surface area (Å²) in [7, 11) is 1.52. The first-order chi connectivity index (χ1) is 6.59. The predicted octanol–water partition coefficient (Wildman–Crippen LogP) is 1.30. The first-order valence-electron chi connectivity index (χ1n) is 4.61. The summed E-state index contributed by atoms with van der Waals surface area (Å²) in [6, 6.07) is 0. The first-order valence-corrected chi connectivity index (χ1v) is 4.61. The fourth-order valence-electron chi connectivity index (χ4n) is 1.36. The van der Waals surface area contributed by atoms with Crippen molar-refractivity contribution >= 4 is 0 Å². The lowest BCUT2D eigenvalue weighted by Gasteiger charge is -2.17. The summed E-state index contributed by atoms with van der Waals surface area (Å²) in [5, 5.41) is 2.47. The maximum absolute atomic E-state index is 13.2. The molecule has 0 bridgehead atoms. The number of hydrogen-bond acceptors (Lipinski definition) is 2. The summed E-state index contributed by atoms with van der Waals surface area (Å²) < 4.78 is 27.9. The minimum atomic E-state index is -2.72. The molecule has 0 aliphatic carbocycles. The molecule has 1 aromatic rings. The second-order valence-corrected chi connectivity index (χ2v) is 3.21. The highest BCUT2D eigenvalue weighted by Gasteiger charge is 2.28. The van der Waals surface area contributed by atoms with Gasteiger partial charge >= 0.3 is 0 Å². The first kappa shape index (κ1) is 11.1. The molecule has 3 nitrogen and oxygen atoms in total. The van der Waals surface area contributed by atoms with E-state index in [1.54, 1.807) is 12.4 Å². The number of aromatic nitrogens is 2. The van der Waals surface area contributed by atoms with Gasteiger partial charge in [0.25, 0.3) is 5.92 Å². The Morgan fingerprint density at radius 2 is 2.29 bits per heavy atom. The van der Waals surface area contributed by atoms with Crippen molar-refractivity contribution < 1.29 is 8.78 Å². The predicted molar refractivity (Wildman–Crippen MR) is 50.5 cm³/mol. The largest absolute Gasteiger partial charge is 0.329 e. The maximum atomic E-state index is 13.2. The van der Waals surface area contributed by atoms with E-state index >= 15 is 0 Å². The van der Waals surface area contributed by atoms with Crippen LogP contribution in [-0.4, -0.2) is 29.1 Å². The molecule has 14 heavy (non-hydrogen) atoms. The summed E-state index contributed by atoms with van der Waals surface area (Å²) in [6.07, 6.45) is 3.80. The third-order valence-corrected chi connectivity index (χ3v) is 1.96. The zero-order chi connectivity index (χ0) is 10.6. The van der Waals surface area contributed by atoms with Gasteiger partial charge in [-0.2, -0.15) is 0 Å². The fourth-order valence-corrected chi connectivity index (χ4v) is 1.36. The molecule has 0 radical (unpaired) electrons. The molecule has 80 valence electrons. The average Bonchev–Trinajstić information content (AvgIpc) is 2.50. The van der Waals surface area contributed by atoms with Gasteiger partial charge in [0.05, 0.1) is 13.1 Å². The van der Waals surface area contributed by atoms with Crippen LogP contribution in [-0.2, 0) is 13.0 Å². The summed E-state index contributed by atoms with van der Waals surface area (Å²) in [5.41, 5.74) is 0. The SMILES string of the molecule is CCc1nccn1CC(F)(F)CNC. The van der Waals surface area contributed by atoms with Gasteiger partial charge < -0.3 is 9.88 Å². The summed E-state index contributed by atoms with van der Waals surface area (Å²) >= 11 is 0. The van der Waals surface area contributed by atoms with E-state index in [1.165, 1.54) is 11.6 Å². The average molecular weight is 203 g/mol. The summed E-state index contributed by atoms with van der Waals surface area (Å²) in [4.78, 5) is 3.99. The maximum Gasteiger partial charge on any atom is 0.277 e. The molecule has 0 amide bonds. The number of hydrogen-bond donors (Lipinski definition) is 1. The van der Waals surface area contributed by atoms with Gasteiger partial charge in [-0.3, -0.25) is 0 Å². The molecule has 0 spiro atoms. The Morgan fingerprint density at radius 3 is 2.86 bits per heavy atom. The number of nitrogens with zero attached hydrogens (tertiary/aromatic N) is 2. The van der Waals surface area contributed by atoms with E-state index in [9.17, 15) is 8.78 Å². The highest BCUT2D eigenvalue weighted by atomic mass is 19.3. The van der Waals surface area contributed by atoms with Gasteiger partial charge in [0.2, 0.25) is 0 Å². The van der Waals surface area contributed by atoms with Crippen LogP contribution in [0.2, 0.25) is 0 Å². The van der Waals surface area contributed by atoms with Crippen molar-refractivity contribution in [1.82, 2.24) is 14.9 Å². The molecule has 0 atom stereocenters. The lowest BCUT2D eigenvalue weighted by Crippen LogP contribution is -2.35. The topological polar surface area (TPSA) is 29.9 Å². The van der Waals surface area contributed by atoms with Crippen molar-refractivity contribution in [3.05, 3.63) is 18.2 Å². The second kappa shape index (κ2) is 4.50. The molecule has 0 saturated carbocycles. The quantitative estimate of drug-likeness (QED) is 0.781. The van der Waals surface area contributed by atoms with Gasteiger partial charge in [0.15, 0.2) is 0 Å². The van der Waals surface area contributed by atoms with Crippen LogP contribution in [0.3, 0.4) is 0 Å². The molecule has 0 aromatic carbocycles. The third-order valence-electron chi connectivity index (χ3n) is 1.96. The van der Waals surface area contributed by atoms with Gasteiger partial charge in [0.1, 0.15) is 5.82 Å². The van der Waals surface area contributed by atoms with Crippen LogP contribution in [0.1, 0.15) is 12.7 Å². The number of nitrogens with one attached hydrogen (secondary N) is 1. The van der Waals surface area contributed by atoms with Crippen molar-refractivity contribution in [2.24, 2.45) is 0 Å². The van der Waals surface area contributed by atoms with E-state index in [4.69, 9.17) is 0 Å². The lowest BCUT2D eigenvalue weighted by atomic mass is 10.3. The van der Waals surface area contributed by atoms with Crippen molar-refractivity contribution in [1.29, 1.82) is 0 Å². The highest BCUT2D eigenvalue weighted by molar-refractivity contribution is 4.93. The zero-order valence-corrected chi connectivity index (χ0v) is 8.43. The molecule has 1 N–H and O–H groups in total. The Kier molecular flexibility index (Phi) is 3.57. The van der Waals surface area contributed by atoms with Crippen molar-refractivity contribution in [2.75, 3.05) is 13.6 Å². The Balaban J connectivity index is 2.67. The Hall–Kier alpha value is -0.970. The highest BCUT2D eigenvalue weighted by Crippen LogP contribution is 2.16.